The van der Waals surface area contributed by atoms with Crippen LogP contribution in [-0.2, 0) is 5.75 Å². The van der Waals surface area contributed by atoms with Gasteiger partial charge in [-0.05, 0) is 65.9 Å². The van der Waals surface area contributed by atoms with Gasteiger partial charge < -0.3 is 4.74 Å². The standard InChI is InChI=1S/C24H20N6O2S/c1-2-32-19-14-12-17(13-15-19)29-23(31)20-10-6-7-11-21(20)25-24(29)33-16-22-26-27-28-30(22)18-8-4-3-5-9-18/h3-15H,2,16H2,1H3. The highest BCUT2D eigenvalue weighted by Gasteiger charge is 2.16. The summed E-state index contributed by atoms with van der Waals surface area (Å²) in [7, 11) is 0. The first-order valence-electron chi connectivity index (χ1n) is 10.4. The maximum atomic E-state index is 13.4. The van der Waals surface area contributed by atoms with Gasteiger partial charge in [0.15, 0.2) is 11.0 Å². The molecule has 0 amide bonds. The predicted octanol–water partition coefficient (Wildman–Crippen LogP) is 4.05. The first kappa shape index (κ1) is 20.9. The second kappa shape index (κ2) is 9.25. The Labute approximate surface area is 193 Å². The molecule has 0 N–H and O–H groups in total. The minimum Gasteiger partial charge on any atom is -0.494 e. The first-order chi connectivity index (χ1) is 16.2. The minimum absolute atomic E-state index is 0.130. The fraction of sp³-hybridized carbons (Fsp3) is 0.125. The molecule has 0 fully saturated rings. The maximum Gasteiger partial charge on any atom is 0.266 e. The van der Waals surface area contributed by atoms with Crippen LogP contribution in [0.15, 0.2) is 88.8 Å². The molecule has 0 atom stereocenters. The van der Waals surface area contributed by atoms with Crippen LogP contribution in [-0.4, -0.2) is 36.4 Å². The number of tetrazole rings is 1. The zero-order chi connectivity index (χ0) is 22.6. The lowest BCUT2D eigenvalue weighted by Crippen LogP contribution is -2.21. The average Bonchev–Trinajstić information content (AvgIpc) is 3.33. The summed E-state index contributed by atoms with van der Waals surface area (Å²) in [5.41, 5.74) is 2.10. The number of thioether (sulfide) groups is 1. The number of hydrogen-bond donors (Lipinski definition) is 0. The van der Waals surface area contributed by atoms with E-state index in [1.807, 2.05) is 79.7 Å². The zero-order valence-electron chi connectivity index (χ0n) is 17.8. The summed E-state index contributed by atoms with van der Waals surface area (Å²) in [5, 5.41) is 13.2. The van der Waals surface area contributed by atoms with Crippen molar-refractivity contribution < 1.29 is 4.74 Å². The van der Waals surface area contributed by atoms with Gasteiger partial charge in [0.05, 0.1) is 34.6 Å². The number of benzene rings is 3. The molecule has 2 aromatic heterocycles. The summed E-state index contributed by atoms with van der Waals surface area (Å²) < 4.78 is 8.86. The van der Waals surface area contributed by atoms with Crippen molar-refractivity contribution in [2.24, 2.45) is 0 Å². The van der Waals surface area contributed by atoms with Gasteiger partial charge in [0, 0.05) is 0 Å². The van der Waals surface area contributed by atoms with Gasteiger partial charge in [-0.1, -0.05) is 42.1 Å². The van der Waals surface area contributed by atoms with E-state index in [-0.39, 0.29) is 5.56 Å². The van der Waals surface area contributed by atoms with E-state index in [2.05, 4.69) is 15.5 Å². The molecule has 33 heavy (non-hydrogen) atoms. The van der Waals surface area contributed by atoms with E-state index < -0.39 is 0 Å². The molecular weight excluding hydrogens is 436 g/mol. The number of aromatic nitrogens is 6. The third-order valence-electron chi connectivity index (χ3n) is 5.02. The normalized spacial score (nSPS) is 11.1. The SMILES string of the molecule is CCOc1ccc(-n2c(SCc3nnnn3-c3ccccc3)nc3ccccc3c2=O)cc1. The molecule has 0 unspecified atom stereocenters. The molecule has 0 saturated carbocycles. The molecule has 0 aliphatic carbocycles. The summed E-state index contributed by atoms with van der Waals surface area (Å²) in [6.45, 7) is 2.51. The number of hydrogen-bond acceptors (Lipinski definition) is 7. The van der Waals surface area contributed by atoms with E-state index in [0.717, 1.165) is 11.4 Å². The van der Waals surface area contributed by atoms with Gasteiger partial charge in [-0.15, -0.1) is 5.10 Å². The second-order valence-corrected chi connectivity index (χ2v) is 8.05. The maximum absolute atomic E-state index is 13.4. The Kier molecular flexibility index (Phi) is 5.86. The quantitative estimate of drug-likeness (QED) is 0.270. The molecule has 164 valence electrons. The Morgan fingerprint density at radius 2 is 1.67 bits per heavy atom. The Bertz CT molecular complexity index is 1450. The molecule has 0 radical (unpaired) electrons. The highest BCUT2D eigenvalue weighted by atomic mass is 32.2. The van der Waals surface area contributed by atoms with Gasteiger partial charge in [0.1, 0.15) is 5.75 Å². The topological polar surface area (TPSA) is 87.7 Å². The number of ether oxygens (including phenoxy) is 1. The molecule has 3 aromatic carbocycles. The van der Waals surface area contributed by atoms with E-state index >= 15 is 0 Å². The fourth-order valence-corrected chi connectivity index (χ4v) is 4.41. The van der Waals surface area contributed by atoms with Crippen LogP contribution in [0, 0.1) is 0 Å². The van der Waals surface area contributed by atoms with Gasteiger partial charge in [-0.25, -0.2) is 4.98 Å². The summed E-state index contributed by atoms with van der Waals surface area (Å²) in [5.74, 6) is 1.84. The molecular formula is C24H20N6O2S. The summed E-state index contributed by atoms with van der Waals surface area (Å²) >= 11 is 1.41. The number of fused-ring (bicyclic) bond motifs is 1. The Morgan fingerprint density at radius 3 is 2.45 bits per heavy atom. The molecule has 5 aromatic rings. The molecule has 0 saturated heterocycles. The average molecular weight is 457 g/mol. The van der Waals surface area contributed by atoms with Crippen molar-refractivity contribution in [1.82, 2.24) is 29.8 Å². The number of nitrogens with zero attached hydrogens (tertiary/aromatic N) is 6. The molecule has 0 aliphatic heterocycles. The van der Waals surface area contributed by atoms with Crippen molar-refractivity contribution >= 4 is 22.7 Å². The van der Waals surface area contributed by atoms with E-state index in [0.29, 0.717) is 39.9 Å². The monoisotopic (exact) mass is 456 g/mol. The third-order valence-corrected chi connectivity index (χ3v) is 5.95. The highest BCUT2D eigenvalue weighted by Crippen LogP contribution is 2.25. The van der Waals surface area contributed by atoms with Crippen LogP contribution in [0.2, 0.25) is 0 Å². The largest absolute Gasteiger partial charge is 0.494 e. The van der Waals surface area contributed by atoms with Crippen molar-refractivity contribution in [3.8, 4) is 17.1 Å². The van der Waals surface area contributed by atoms with Gasteiger partial charge in [0.25, 0.3) is 5.56 Å². The highest BCUT2D eigenvalue weighted by molar-refractivity contribution is 7.98. The van der Waals surface area contributed by atoms with Crippen molar-refractivity contribution in [2.45, 2.75) is 17.8 Å². The van der Waals surface area contributed by atoms with Crippen LogP contribution in [0.1, 0.15) is 12.7 Å². The lowest BCUT2D eigenvalue weighted by atomic mass is 10.2. The Balaban J connectivity index is 1.55. The summed E-state index contributed by atoms with van der Waals surface area (Å²) in [4.78, 5) is 18.2. The lowest BCUT2D eigenvalue weighted by molar-refractivity contribution is 0.340. The third kappa shape index (κ3) is 4.22. The molecule has 5 rings (SSSR count). The van der Waals surface area contributed by atoms with E-state index in [9.17, 15) is 4.79 Å². The van der Waals surface area contributed by atoms with E-state index in [1.54, 1.807) is 15.3 Å². The fourth-order valence-electron chi connectivity index (χ4n) is 3.49. The van der Waals surface area contributed by atoms with Crippen molar-refractivity contribution in [1.29, 1.82) is 0 Å². The Hall–Kier alpha value is -3.98. The minimum atomic E-state index is -0.130. The predicted molar refractivity (Wildman–Crippen MR) is 127 cm³/mol. The molecule has 0 aliphatic rings. The van der Waals surface area contributed by atoms with Crippen LogP contribution >= 0.6 is 11.8 Å². The zero-order valence-corrected chi connectivity index (χ0v) is 18.6. The second-order valence-electron chi connectivity index (χ2n) is 7.11. The van der Waals surface area contributed by atoms with E-state index in [1.165, 1.54) is 11.8 Å². The van der Waals surface area contributed by atoms with Crippen LogP contribution in [0.3, 0.4) is 0 Å². The summed E-state index contributed by atoms with van der Waals surface area (Å²) in [6.07, 6.45) is 0. The van der Waals surface area contributed by atoms with Gasteiger partial charge in [-0.2, -0.15) is 4.68 Å². The smallest absolute Gasteiger partial charge is 0.266 e. The first-order valence-corrected chi connectivity index (χ1v) is 11.4. The lowest BCUT2D eigenvalue weighted by Gasteiger charge is -2.14. The van der Waals surface area contributed by atoms with Gasteiger partial charge >= 0.3 is 0 Å². The van der Waals surface area contributed by atoms with Crippen molar-refractivity contribution in [2.75, 3.05) is 6.61 Å². The van der Waals surface area contributed by atoms with Crippen molar-refractivity contribution in [3.63, 3.8) is 0 Å². The Morgan fingerprint density at radius 1 is 0.909 bits per heavy atom. The number of rotatable bonds is 7. The molecule has 0 bridgehead atoms. The van der Waals surface area contributed by atoms with Gasteiger partial charge in [0.2, 0.25) is 0 Å². The van der Waals surface area contributed by atoms with Crippen molar-refractivity contribution in [3.05, 3.63) is 95.0 Å². The van der Waals surface area contributed by atoms with Crippen LogP contribution in [0.5, 0.6) is 5.75 Å². The van der Waals surface area contributed by atoms with Gasteiger partial charge in [-0.3, -0.25) is 9.36 Å². The molecule has 0 spiro atoms. The molecule has 9 heteroatoms. The van der Waals surface area contributed by atoms with Crippen LogP contribution in [0.25, 0.3) is 22.3 Å². The van der Waals surface area contributed by atoms with Crippen LogP contribution in [0.4, 0.5) is 0 Å². The molecule has 8 nitrogen and oxygen atoms in total. The van der Waals surface area contributed by atoms with E-state index in [4.69, 9.17) is 9.72 Å². The number of para-hydroxylation sites is 2. The molecule has 2 heterocycles. The van der Waals surface area contributed by atoms with Crippen LogP contribution < -0.4 is 10.3 Å². The summed E-state index contributed by atoms with van der Waals surface area (Å²) in [6, 6.07) is 24.5.